The van der Waals surface area contributed by atoms with Crippen molar-refractivity contribution in [1.29, 1.82) is 0 Å². The lowest BCUT2D eigenvalue weighted by Gasteiger charge is -2.07. The summed E-state index contributed by atoms with van der Waals surface area (Å²) >= 11 is 3.43. The Hall–Kier alpha value is -0.580. The van der Waals surface area contributed by atoms with Crippen LogP contribution in [-0.2, 0) is 16.1 Å². The molecule has 84 valence electrons. The summed E-state index contributed by atoms with van der Waals surface area (Å²) in [7, 11) is 1.69. The number of anilines is 1. The van der Waals surface area contributed by atoms with Crippen LogP contribution in [0.4, 0.5) is 5.69 Å². The second-order valence-corrected chi connectivity index (χ2v) is 4.01. The Bertz CT molecular complexity index is 305. The Balaban J connectivity index is 2.34. The minimum Gasteiger partial charge on any atom is -0.398 e. The van der Waals surface area contributed by atoms with E-state index in [1.54, 1.807) is 7.11 Å². The topological polar surface area (TPSA) is 44.5 Å². The number of methoxy groups -OCH3 is 1. The van der Waals surface area contributed by atoms with Crippen LogP contribution in [0.25, 0.3) is 0 Å². The van der Waals surface area contributed by atoms with Gasteiger partial charge >= 0.3 is 0 Å². The molecule has 0 saturated heterocycles. The van der Waals surface area contributed by atoms with Crippen molar-refractivity contribution in [2.75, 3.05) is 26.1 Å². The van der Waals surface area contributed by atoms with Crippen molar-refractivity contribution >= 4 is 21.6 Å². The average Bonchev–Trinajstić information content (AvgIpc) is 2.24. The quantitative estimate of drug-likeness (QED) is 0.640. The maximum atomic E-state index is 5.75. The van der Waals surface area contributed by atoms with Gasteiger partial charge < -0.3 is 15.2 Å². The Morgan fingerprint density at radius 1 is 1.33 bits per heavy atom. The van der Waals surface area contributed by atoms with Gasteiger partial charge in [0.05, 0.1) is 6.61 Å². The zero-order valence-corrected chi connectivity index (χ0v) is 10.4. The first-order valence-corrected chi connectivity index (χ1v) is 5.64. The standard InChI is InChI=1S/C11H16BrNO2/c1-14-6-3-7-15-8-9-4-2-5-10(13)11(9)12/h2,4-5H,3,6-8,13H2,1H3. The lowest BCUT2D eigenvalue weighted by molar-refractivity contribution is 0.0926. The number of rotatable bonds is 6. The zero-order valence-electron chi connectivity index (χ0n) is 8.83. The van der Waals surface area contributed by atoms with E-state index in [0.29, 0.717) is 13.2 Å². The van der Waals surface area contributed by atoms with Crippen LogP contribution in [-0.4, -0.2) is 20.3 Å². The van der Waals surface area contributed by atoms with Crippen molar-refractivity contribution in [2.45, 2.75) is 13.0 Å². The predicted molar refractivity (Wildman–Crippen MR) is 64.7 cm³/mol. The van der Waals surface area contributed by atoms with Gasteiger partial charge in [-0.2, -0.15) is 0 Å². The largest absolute Gasteiger partial charge is 0.398 e. The highest BCUT2D eigenvalue weighted by Crippen LogP contribution is 2.24. The normalized spacial score (nSPS) is 10.5. The fourth-order valence-electron chi connectivity index (χ4n) is 1.20. The molecule has 1 aromatic carbocycles. The van der Waals surface area contributed by atoms with E-state index in [-0.39, 0.29) is 0 Å². The third kappa shape index (κ3) is 4.20. The van der Waals surface area contributed by atoms with Gasteiger partial charge in [0, 0.05) is 30.5 Å². The Morgan fingerprint density at radius 2 is 2.13 bits per heavy atom. The molecule has 3 nitrogen and oxygen atoms in total. The fraction of sp³-hybridized carbons (Fsp3) is 0.455. The highest BCUT2D eigenvalue weighted by molar-refractivity contribution is 9.10. The van der Waals surface area contributed by atoms with Gasteiger partial charge in [-0.1, -0.05) is 12.1 Å². The van der Waals surface area contributed by atoms with Gasteiger partial charge in [-0.15, -0.1) is 0 Å². The Morgan fingerprint density at radius 3 is 2.87 bits per heavy atom. The molecule has 0 atom stereocenters. The molecule has 0 aromatic heterocycles. The van der Waals surface area contributed by atoms with E-state index in [9.17, 15) is 0 Å². The molecular formula is C11H16BrNO2. The first-order chi connectivity index (χ1) is 7.25. The van der Waals surface area contributed by atoms with Crippen LogP contribution >= 0.6 is 15.9 Å². The van der Waals surface area contributed by atoms with Crippen LogP contribution in [0.15, 0.2) is 22.7 Å². The van der Waals surface area contributed by atoms with Crippen LogP contribution in [0.1, 0.15) is 12.0 Å². The molecule has 0 aliphatic heterocycles. The summed E-state index contributed by atoms with van der Waals surface area (Å²) in [6, 6.07) is 5.78. The first-order valence-electron chi connectivity index (χ1n) is 4.85. The molecule has 4 heteroatoms. The van der Waals surface area contributed by atoms with Gasteiger partial charge in [-0.05, 0) is 34.0 Å². The van der Waals surface area contributed by atoms with E-state index in [1.807, 2.05) is 18.2 Å². The number of ether oxygens (including phenoxy) is 2. The molecule has 0 fully saturated rings. The minimum absolute atomic E-state index is 0.579. The Kier molecular flexibility index (Phi) is 5.68. The first kappa shape index (κ1) is 12.5. The van der Waals surface area contributed by atoms with Crippen LogP contribution in [0.3, 0.4) is 0 Å². The van der Waals surface area contributed by atoms with Gasteiger partial charge in [-0.25, -0.2) is 0 Å². The van der Waals surface area contributed by atoms with Gasteiger partial charge in [0.2, 0.25) is 0 Å². The van der Waals surface area contributed by atoms with Gasteiger partial charge in [0.25, 0.3) is 0 Å². The molecule has 0 aliphatic carbocycles. The van der Waals surface area contributed by atoms with Crippen molar-refractivity contribution in [2.24, 2.45) is 0 Å². The molecular weight excluding hydrogens is 258 g/mol. The van der Waals surface area contributed by atoms with Crippen LogP contribution in [0.5, 0.6) is 0 Å². The second-order valence-electron chi connectivity index (χ2n) is 3.22. The summed E-state index contributed by atoms with van der Waals surface area (Å²) in [5.74, 6) is 0. The lowest BCUT2D eigenvalue weighted by Crippen LogP contribution is -2.00. The summed E-state index contributed by atoms with van der Waals surface area (Å²) in [6.45, 7) is 2.02. The van der Waals surface area contributed by atoms with Crippen LogP contribution < -0.4 is 5.73 Å². The maximum absolute atomic E-state index is 5.75. The molecule has 0 unspecified atom stereocenters. The number of nitrogens with two attached hydrogens (primary N) is 1. The minimum atomic E-state index is 0.579. The van der Waals surface area contributed by atoms with E-state index < -0.39 is 0 Å². The lowest BCUT2D eigenvalue weighted by atomic mass is 10.2. The molecule has 0 spiro atoms. The maximum Gasteiger partial charge on any atom is 0.0728 e. The van der Waals surface area contributed by atoms with Crippen LogP contribution in [0.2, 0.25) is 0 Å². The van der Waals surface area contributed by atoms with Gasteiger partial charge in [0.15, 0.2) is 0 Å². The van der Waals surface area contributed by atoms with E-state index in [1.165, 1.54) is 0 Å². The third-order valence-corrected chi connectivity index (χ3v) is 2.97. The number of hydrogen-bond donors (Lipinski definition) is 1. The monoisotopic (exact) mass is 273 g/mol. The Labute approximate surface area is 98.7 Å². The zero-order chi connectivity index (χ0) is 11.1. The summed E-state index contributed by atoms with van der Waals surface area (Å²) in [4.78, 5) is 0. The molecule has 0 bridgehead atoms. The van der Waals surface area contributed by atoms with E-state index >= 15 is 0 Å². The highest BCUT2D eigenvalue weighted by atomic mass is 79.9. The average molecular weight is 274 g/mol. The second kappa shape index (κ2) is 6.82. The molecule has 1 rings (SSSR count). The number of nitrogen functional groups attached to an aromatic ring is 1. The smallest absolute Gasteiger partial charge is 0.0728 e. The van der Waals surface area contributed by atoms with Crippen molar-refractivity contribution in [3.05, 3.63) is 28.2 Å². The molecule has 2 N–H and O–H groups in total. The molecule has 0 saturated carbocycles. The van der Waals surface area contributed by atoms with Crippen molar-refractivity contribution in [3.8, 4) is 0 Å². The fourth-order valence-corrected chi connectivity index (χ4v) is 1.58. The number of hydrogen-bond acceptors (Lipinski definition) is 3. The predicted octanol–water partition coefficient (Wildman–Crippen LogP) is 2.58. The molecule has 15 heavy (non-hydrogen) atoms. The van der Waals surface area contributed by atoms with E-state index in [0.717, 1.165) is 28.8 Å². The summed E-state index contributed by atoms with van der Waals surface area (Å²) in [5, 5.41) is 0. The van der Waals surface area contributed by atoms with Crippen molar-refractivity contribution < 1.29 is 9.47 Å². The van der Waals surface area contributed by atoms with Gasteiger partial charge in [-0.3, -0.25) is 0 Å². The van der Waals surface area contributed by atoms with Crippen molar-refractivity contribution in [1.82, 2.24) is 0 Å². The molecule has 1 aromatic rings. The number of benzene rings is 1. The van der Waals surface area contributed by atoms with E-state index in [4.69, 9.17) is 15.2 Å². The SMILES string of the molecule is COCCCOCc1cccc(N)c1Br. The summed E-state index contributed by atoms with van der Waals surface area (Å²) in [6.07, 6.45) is 0.913. The summed E-state index contributed by atoms with van der Waals surface area (Å²) < 4.78 is 11.3. The molecule has 0 aliphatic rings. The van der Waals surface area contributed by atoms with Crippen molar-refractivity contribution in [3.63, 3.8) is 0 Å². The molecule has 0 heterocycles. The summed E-state index contributed by atoms with van der Waals surface area (Å²) in [5.41, 5.74) is 7.57. The van der Waals surface area contributed by atoms with E-state index in [2.05, 4.69) is 15.9 Å². The molecule has 0 amide bonds. The third-order valence-electron chi connectivity index (χ3n) is 2.00. The number of halogens is 1. The molecule has 0 radical (unpaired) electrons. The van der Waals surface area contributed by atoms with Gasteiger partial charge in [0.1, 0.15) is 0 Å². The van der Waals surface area contributed by atoms with Crippen LogP contribution in [0, 0.1) is 0 Å². The highest BCUT2D eigenvalue weighted by Gasteiger charge is 2.02.